The molecule has 2 bridgehead atoms. The number of anilines is 1. The maximum Gasteiger partial charge on any atom is 0.310 e. The van der Waals surface area contributed by atoms with E-state index in [1.165, 1.54) is 0 Å². The monoisotopic (exact) mass is 500 g/mol. The Hall–Kier alpha value is -2.32. The summed E-state index contributed by atoms with van der Waals surface area (Å²) in [5.74, 6) is -1.97. The van der Waals surface area contributed by atoms with Crippen molar-refractivity contribution < 1.29 is 24.2 Å². The minimum Gasteiger partial charge on any atom is -0.466 e. The summed E-state index contributed by atoms with van der Waals surface area (Å²) in [4.78, 5) is 44.8. The van der Waals surface area contributed by atoms with E-state index in [-0.39, 0.29) is 42.2 Å². The lowest BCUT2D eigenvalue weighted by Crippen LogP contribution is -2.59. The predicted octanol–water partition coefficient (Wildman–Crippen LogP) is 3.10. The van der Waals surface area contributed by atoms with Crippen LogP contribution in [-0.2, 0) is 19.1 Å². The number of hydrogen-bond acceptors (Lipinski definition) is 6. The maximum atomic E-state index is 14.5. The third-order valence-electron chi connectivity index (χ3n) is 7.95. The molecular formula is C27H36N2O5S. The average Bonchev–Trinajstić information content (AvgIpc) is 3.42. The van der Waals surface area contributed by atoms with Gasteiger partial charge in [0, 0.05) is 17.5 Å². The third-order valence-corrected chi connectivity index (χ3v) is 10.0. The fourth-order valence-corrected chi connectivity index (χ4v) is 8.79. The van der Waals surface area contributed by atoms with E-state index in [9.17, 15) is 19.5 Å². The number of carbonyl (C=O) groups is 3. The van der Waals surface area contributed by atoms with Crippen molar-refractivity contribution in [2.24, 2.45) is 17.8 Å². The van der Waals surface area contributed by atoms with E-state index in [2.05, 4.69) is 13.5 Å². The van der Waals surface area contributed by atoms with Crippen LogP contribution in [0.3, 0.4) is 0 Å². The van der Waals surface area contributed by atoms with Crippen molar-refractivity contribution in [2.75, 3.05) is 24.7 Å². The molecule has 0 aromatic heterocycles. The summed E-state index contributed by atoms with van der Waals surface area (Å²) in [6, 6.07) is 4.61. The molecule has 0 saturated carbocycles. The second kappa shape index (κ2) is 9.62. The Bertz CT molecular complexity index is 1040. The molecule has 7 atom stereocenters. The molecule has 1 aromatic rings. The van der Waals surface area contributed by atoms with E-state index < -0.39 is 28.7 Å². The molecule has 0 aliphatic carbocycles. The number of aliphatic hydroxyl groups is 1. The third kappa shape index (κ3) is 3.80. The molecule has 7 nitrogen and oxygen atoms in total. The van der Waals surface area contributed by atoms with Crippen LogP contribution in [0.1, 0.15) is 38.3 Å². The number of carbonyl (C=O) groups excluding carboxylic acids is 3. The zero-order valence-electron chi connectivity index (χ0n) is 21.2. The van der Waals surface area contributed by atoms with Crippen molar-refractivity contribution in [3.63, 3.8) is 0 Å². The van der Waals surface area contributed by atoms with Gasteiger partial charge in [-0.15, -0.1) is 18.3 Å². The maximum absolute atomic E-state index is 14.5. The number of nitrogens with zero attached hydrogens (tertiary/aromatic N) is 2. The Morgan fingerprint density at radius 2 is 2.11 bits per heavy atom. The molecule has 2 amide bonds. The number of benzene rings is 1. The van der Waals surface area contributed by atoms with E-state index >= 15 is 0 Å². The summed E-state index contributed by atoms with van der Waals surface area (Å²) < 4.78 is 4.63. The second-order valence-corrected chi connectivity index (χ2v) is 11.7. The van der Waals surface area contributed by atoms with Gasteiger partial charge in [0.1, 0.15) is 6.04 Å². The summed E-state index contributed by atoms with van der Waals surface area (Å²) in [7, 11) is 0. The van der Waals surface area contributed by atoms with Gasteiger partial charge >= 0.3 is 5.97 Å². The van der Waals surface area contributed by atoms with Crippen LogP contribution in [-0.4, -0.2) is 69.6 Å². The van der Waals surface area contributed by atoms with Gasteiger partial charge in [0.15, 0.2) is 0 Å². The van der Waals surface area contributed by atoms with Crippen LogP contribution in [0.15, 0.2) is 30.9 Å². The van der Waals surface area contributed by atoms with Crippen LogP contribution < -0.4 is 4.90 Å². The summed E-state index contributed by atoms with van der Waals surface area (Å²) in [6.07, 6.45) is 2.43. The molecule has 190 valence electrons. The van der Waals surface area contributed by atoms with Crippen LogP contribution in [0.5, 0.6) is 0 Å². The largest absolute Gasteiger partial charge is 0.466 e. The summed E-state index contributed by atoms with van der Waals surface area (Å²) in [6.45, 7) is 13.7. The molecule has 3 unspecified atom stereocenters. The van der Waals surface area contributed by atoms with Crippen LogP contribution in [0.25, 0.3) is 0 Å². The number of thioether (sulfide) groups is 1. The van der Waals surface area contributed by atoms with Gasteiger partial charge in [-0.05, 0) is 57.2 Å². The zero-order chi connectivity index (χ0) is 25.7. The van der Waals surface area contributed by atoms with Gasteiger partial charge in [0.2, 0.25) is 5.91 Å². The first kappa shape index (κ1) is 25.8. The van der Waals surface area contributed by atoms with Crippen LogP contribution in [0.4, 0.5) is 5.69 Å². The molecule has 3 aliphatic rings. The van der Waals surface area contributed by atoms with Gasteiger partial charge in [-0.2, -0.15) is 0 Å². The number of ether oxygens (including phenoxy) is 1. The van der Waals surface area contributed by atoms with E-state index in [0.717, 1.165) is 23.2 Å². The van der Waals surface area contributed by atoms with Gasteiger partial charge < -0.3 is 19.6 Å². The summed E-state index contributed by atoms with van der Waals surface area (Å²) >= 11 is 1.61. The fraction of sp³-hybridized carbons (Fsp3) is 0.593. The Morgan fingerprint density at radius 1 is 1.40 bits per heavy atom. The number of rotatable bonds is 8. The molecule has 1 spiro atoms. The molecule has 1 aromatic carbocycles. The van der Waals surface area contributed by atoms with E-state index in [4.69, 9.17) is 4.74 Å². The van der Waals surface area contributed by atoms with E-state index in [1.54, 1.807) is 41.5 Å². The number of fused-ring (bicyclic) bond motifs is 1. The van der Waals surface area contributed by atoms with Gasteiger partial charge in [-0.1, -0.05) is 25.1 Å². The zero-order valence-corrected chi connectivity index (χ0v) is 22.0. The molecule has 3 aliphatic heterocycles. The number of esters is 1. The number of amides is 2. The number of aryl methyl sites for hydroxylation is 2. The van der Waals surface area contributed by atoms with Crippen LogP contribution >= 0.6 is 11.8 Å². The highest BCUT2D eigenvalue weighted by Crippen LogP contribution is 2.69. The normalized spacial score (nSPS) is 31.9. The molecule has 1 N–H and O–H groups in total. The molecule has 8 heteroatoms. The Kier molecular flexibility index (Phi) is 7.08. The Labute approximate surface area is 211 Å². The smallest absolute Gasteiger partial charge is 0.310 e. The van der Waals surface area contributed by atoms with Gasteiger partial charge in [-0.25, -0.2) is 0 Å². The molecule has 4 rings (SSSR count). The summed E-state index contributed by atoms with van der Waals surface area (Å²) in [5, 5.41) is 10.0. The second-order valence-electron chi connectivity index (χ2n) is 10.1. The first-order valence-electron chi connectivity index (χ1n) is 12.4. The first-order chi connectivity index (χ1) is 16.6. The lowest BCUT2D eigenvalue weighted by atomic mass is 9.66. The fourth-order valence-electron chi connectivity index (χ4n) is 6.40. The molecule has 0 radical (unpaired) electrons. The van der Waals surface area contributed by atoms with Crippen molar-refractivity contribution in [3.05, 3.63) is 42.0 Å². The lowest BCUT2D eigenvalue weighted by Gasteiger charge is -2.41. The standard InChI is InChI=1S/C27H36N2O5S/c1-7-11-28(19-12-15(3)9-10-16(19)4)25(32)23-27-17(5)13-20(35-27)21(26(33)34-8-2)22(27)24(31)29(23)18(6)14-30/h7,9-10,12,17-18,20-23,30H,1,8,11,13-14H2,2-6H3/t17?,18-,20+,21-,22+,23?,27?/m1/s1. The minimum absolute atomic E-state index is 0.0474. The predicted molar refractivity (Wildman–Crippen MR) is 137 cm³/mol. The lowest BCUT2D eigenvalue weighted by molar-refractivity contribution is -0.154. The van der Waals surface area contributed by atoms with Crippen molar-refractivity contribution in [1.29, 1.82) is 0 Å². The number of aliphatic hydroxyl groups excluding tert-OH is 1. The van der Waals surface area contributed by atoms with Gasteiger partial charge in [0.05, 0.1) is 35.8 Å². The van der Waals surface area contributed by atoms with Crippen molar-refractivity contribution in [3.8, 4) is 0 Å². The Balaban J connectivity index is 1.86. The molecule has 3 fully saturated rings. The van der Waals surface area contributed by atoms with Crippen molar-refractivity contribution in [1.82, 2.24) is 4.90 Å². The van der Waals surface area contributed by atoms with E-state index in [1.807, 2.05) is 32.0 Å². The van der Waals surface area contributed by atoms with Crippen molar-refractivity contribution in [2.45, 2.75) is 63.1 Å². The first-order valence-corrected chi connectivity index (χ1v) is 13.3. The SMILES string of the molecule is C=CCN(C(=O)C1N([C@H](C)CO)C(=O)[C@@H]2[C@H](C(=O)OCC)[C@@H]3CC(C)C12S3)c1cc(C)ccc1C. The minimum atomic E-state index is -0.800. The topological polar surface area (TPSA) is 87.2 Å². The van der Waals surface area contributed by atoms with Gasteiger partial charge in [0.25, 0.3) is 5.91 Å². The number of likely N-dealkylation sites (tertiary alicyclic amines) is 1. The Morgan fingerprint density at radius 3 is 2.74 bits per heavy atom. The molecular weight excluding hydrogens is 464 g/mol. The van der Waals surface area contributed by atoms with Crippen molar-refractivity contribution >= 4 is 35.2 Å². The quantitative estimate of drug-likeness (QED) is 0.436. The van der Waals surface area contributed by atoms with E-state index in [0.29, 0.717) is 6.54 Å². The van der Waals surface area contributed by atoms with Crippen LogP contribution in [0, 0.1) is 31.6 Å². The van der Waals surface area contributed by atoms with Crippen LogP contribution in [0.2, 0.25) is 0 Å². The highest BCUT2D eigenvalue weighted by molar-refractivity contribution is 8.02. The summed E-state index contributed by atoms with van der Waals surface area (Å²) in [5.41, 5.74) is 2.76. The molecule has 35 heavy (non-hydrogen) atoms. The van der Waals surface area contributed by atoms with Gasteiger partial charge in [-0.3, -0.25) is 14.4 Å². The average molecular weight is 501 g/mol. The number of hydrogen-bond donors (Lipinski definition) is 1. The molecule has 3 saturated heterocycles. The highest BCUT2D eigenvalue weighted by Gasteiger charge is 2.77. The highest BCUT2D eigenvalue weighted by atomic mass is 32.2. The molecule has 3 heterocycles.